The highest BCUT2D eigenvalue weighted by Gasteiger charge is 2.47. The Morgan fingerprint density at radius 1 is 1.33 bits per heavy atom. The van der Waals surface area contributed by atoms with Gasteiger partial charge in [0.25, 0.3) is 0 Å². The van der Waals surface area contributed by atoms with Crippen molar-refractivity contribution in [1.82, 2.24) is 10.3 Å². The summed E-state index contributed by atoms with van der Waals surface area (Å²) in [4.78, 5) is 4.22. The molecular weight excluding hydrogens is 192 g/mol. The van der Waals surface area contributed by atoms with Crippen molar-refractivity contribution in [3.05, 3.63) is 17.8 Å². The first-order chi connectivity index (χ1) is 7.27. The van der Waals surface area contributed by atoms with Crippen LogP contribution in [0.25, 0.3) is 0 Å². The number of aromatic nitrogens is 1. The number of ether oxygens (including phenoxy) is 2. The number of hydrogen-bond donors (Lipinski definition) is 1. The predicted octanol–water partition coefficient (Wildman–Crippen LogP) is 1.31. The fourth-order valence-corrected chi connectivity index (χ4v) is 1.94. The summed E-state index contributed by atoms with van der Waals surface area (Å²) >= 11 is 0. The van der Waals surface area contributed by atoms with Crippen LogP contribution in [0.5, 0.6) is 11.6 Å². The standard InChI is InChI=1S/C11H16N2O2/c1-12-11(5-6-11)9-8(14-2)4-7-13-10(9)15-3/h4,7,12H,5-6H2,1-3H3. The highest BCUT2D eigenvalue weighted by molar-refractivity contribution is 5.48. The third-order valence-electron chi connectivity index (χ3n) is 3.00. The number of pyridine rings is 1. The number of nitrogens with zero attached hydrogens (tertiary/aromatic N) is 1. The molecule has 2 rings (SSSR count). The second-order valence-corrected chi connectivity index (χ2v) is 3.73. The molecule has 1 heterocycles. The van der Waals surface area contributed by atoms with E-state index in [-0.39, 0.29) is 5.54 Å². The van der Waals surface area contributed by atoms with Crippen LogP contribution >= 0.6 is 0 Å². The van der Waals surface area contributed by atoms with Crippen LogP contribution in [-0.2, 0) is 5.54 Å². The average Bonchev–Trinajstić information content (AvgIpc) is 3.08. The van der Waals surface area contributed by atoms with E-state index in [2.05, 4.69) is 10.3 Å². The Labute approximate surface area is 89.6 Å². The molecule has 1 aliphatic carbocycles. The summed E-state index contributed by atoms with van der Waals surface area (Å²) in [6, 6.07) is 1.87. The molecule has 1 aromatic rings. The smallest absolute Gasteiger partial charge is 0.221 e. The van der Waals surface area contributed by atoms with E-state index in [0.29, 0.717) is 5.88 Å². The molecule has 0 aromatic carbocycles. The summed E-state index contributed by atoms with van der Waals surface area (Å²) in [6.07, 6.45) is 3.90. The van der Waals surface area contributed by atoms with Crippen molar-refractivity contribution in [3.8, 4) is 11.6 Å². The molecule has 0 amide bonds. The second-order valence-electron chi connectivity index (χ2n) is 3.73. The quantitative estimate of drug-likeness (QED) is 0.810. The van der Waals surface area contributed by atoms with E-state index in [4.69, 9.17) is 9.47 Å². The Morgan fingerprint density at radius 3 is 2.53 bits per heavy atom. The summed E-state index contributed by atoms with van der Waals surface area (Å²) in [5, 5.41) is 3.32. The van der Waals surface area contributed by atoms with Crippen LogP contribution in [0.15, 0.2) is 12.3 Å². The number of rotatable bonds is 4. The van der Waals surface area contributed by atoms with Crippen molar-refractivity contribution < 1.29 is 9.47 Å². The fraction of sp³-hybridized carbons (Fsp3) is 0.545. The molecule has 0 radical (unpaired) electrons. The maximum atomic E-state index is 5.36. The Morgan fingerprint density at radius 2 is 2.07 bits per heavy atom. The monoisotopic (exact) mass is 208 g/mol. The highest BCUT2D eigenvalue weighted by Crippen LogP contribution is 2.51. The van der Waals surface area contributed by atoms with Gasteiger partial charge in [0.1, 0.15) is 5.75 Å². The maximum absolute atomic E-state index is 5.36. The molecule has 0 aliphatic heterocycles. The van der Waals surface area contributed by atoms with Gasteiger partial charge in [-0.3, -0.25) is 0 Å². The van der Waals surface area contributed by atoms with E-state index >= 15 is 0 Å². The molecule has 1 aromatic heterocycles. The predicted molar refractivity (Wildman–Crippen MR) is 57.3 cm³/mol. The minimum Gasteiger partial charge on any atom is -0.496 e. The molecule has 1 saturated carbocycles. The van der Waals surface area contributed by atoms with Gasteiger partial charge in [-0.05, 0) is 26.0 Å². The first kappa shape index (κ1) is 10.2. The second kappa shape index (κ2) is 3.70. The zero-order valence-electron chi connectivity index (χ0n) is 9.33. The normalized spacial score (nSPS) is 17.3. The zero-order valence-corrected chi connectivity index (χ0v) is 9.33. The third-order valence-corrected chi connectivity index (χ3v) is 3.00. The lowest BCUT2D eigenvalue weighted by Gasteiger charge is -2.19. The molecular formula is C11H16N2O2. The van der Waals surface area contributed by atoms with Crippen LogP contribution in [0.1, 0.15) is 18.4 Å². The van der Waals surface area contributed by atoms with Crippen LogP contribution in [0.2, 0.25) is 0 Å². The van der Waals surface area contributed by atoms with Crippen molar-refractivity contribution in [2.75, 3.05) is 21.3 Å². The molecule has 1 fully saturated rings. The molecule has 0 spiro atoms. The van der Waals surface area contributed by atoms with Crippen molar-refractivity contribution in [1.29, 1.82) is 0 Å². The van der Waals surface area contributed by atoms with Crippen LogP contribution in [0.3, 0.4) is 0 Å². The van der Waals surface area contributed by atoms with Crippen LogP contribution in [0, 0.1) is 0 Å². The van der Waals surface area contributed by atoms with Gasteiger partial charge >= 0.3 is 0 Å². The van der Waals surface area contributed by atoms with Gasteiger partial charge < -0.3 is 14.8 Å². The first-order valence-electron chi connectivity index (χ1n) is 5.04. The van der Waals surface area contributed by atoms with E-state index in [1.807, 2.05) is 13.1 Å². The van der Waals surface area contributed by atoms with Crippen LogP contribution in [-0.4, -0.2) is 26.3 Å². The van der Waals surface area contributed by atoms with Crippen molar-refractivity contribution in [2.45, 2.75) is 18.4 Å². The Bertz CT molecular complexity index is 339. The van der Waals surface area contributed by atoms with Gasteiger partial charge in [-0.1, -0.05) is 0 Å². The molecule has 15 heavy (non-hydrogen) atoms. The zero-order chi connectivity index (χ0) is 10.9. The summed E-state index contributed by atoms with van der Waals surface area (Å²) in [7, 11) is 5.26. The Kier molecular flexibility index (Phi) is 2.52. The highest BCUT2D eigenvalue weighted by atomic mass is 16.5. The lowest BCUT2D eigenvalue weighted by Crippen LogP contribution is -2.26. The molecule has 4 heteroatoms. The molecule has 0 unspecified atom stereocenters. The lowest BCUT2D eigenvalue weighted by atomic mass is 10.1. The number of methoxy groups -OCH3 is 2. The Hall–Kier alpha value is -1.29. The molecule has 1 N–H and O–H groups in total. The van der Waals surface area contributed by atoms with E-state index < -0.39 is 0 Å². The van der Waals surface area contributed by atoms with Crippen molar-refractivity contribution in [2.24, 2.45) is 0 Å². The van der Waals surface area contributed by atoms with Crippen molar-refractivity contribution >= 4 is 0 Å². The van der Waals surface area contributed by atoms with Gasteiger partial charge in [-0.15, -0.1) is 0 Å². The molecule has 0 bridgehead atoms. The largest absolute Gasteiger partial charge is 0.496 e. The first-order valence-corrected chi connectivity index (χ1v) is 5.04. The molecule has 0 atom stereocenters. The molecule has 82 valence electrons. The maximum Gasteiger partial charge on any atom is 0.221 e. The Balaban J connectivity index is 2.51. The van der Waals surface area contributed by atoms with Crippen molar-refractivity contribution in [3.63, 3.8) is 0 Å². The van der Waals surface area contributed by atoms with Crippen LogP contribution < -0.4 is 14.8 Å². The van der Waals surface area contributed by atoms with Gasteiger partial charge in [-0.25, -0.2) is 4.98 Å². The molecule has 1 aliphatic rings. The van der Waals surface area contributed by atoms with E-state index in [1.165, 1.54) is 0 Å². The summed E-state index contributed by atoms with van der Waals surface area (Å²) in [6.45, 7) is 0. The topological polar surface area (TPSA) is 43.4 Å². The van der Waals surface area contributed by atoms with E-state index in [0.717, 1.165) is 24.2 Å². The van der Waals surface area contributed by atoms with Gasteiger partial charge in [-0.2, -0.15) is 0 Å². The SMILES string of the molecule is CNC1(c2c(OC)ccnc2OC)CC1. The number of hydrogen-bond acceptors (Lipinski definition) is 4. The van der Waals surface area contributed by atoms with Gasteiger partial charge in [0, 0.05) is 6.20 Å². The van der Waals surface area contributed by atoms with E-state index in [1.54, 1.807) is 20.4 Å². The fourth-order valence-electron chi connectivity index (χ4n) is 1.94. The van der Waals surface area contributed by atoms with Gasteiger partial charge in [0.2, 0.25) is 5.88 Å². The summed E-state index contributed by atoms with van der Waals surface area (Å²) in [5.74, 6) is 1.50. The van der Waals surface area contributed by atoms with E-state index in [9.17, 15) is 0 Å². The molecule has 4 nitrogen and oxygen atoms in total. The van der Waals surface area contributed by atoms with Gasteiger partial charge in [0.05, 0.1) is 25.3 Å². The average molecular weight is 208 g/mol. The lowest BCUT2D eigenvalue weighted by molar-refractivity contribution is 0.358. The third kappa shape index (κ3) is 1.55. The minimum atomic E-state index is 0.00491. The minimum absolute atomic E-state index is 0.00491. The number of nitrogens with one attached hydrogen (secondary N) is 1. The summed E-state index contributed by atoms with van der Waals surface area (Å²) in [5.41, 5.74) is 1.04. The molecule has 0 saturated heterocycles. The summed E-state index contributed by atoms with van der Waals surface area (Å²) < 4.78 is 10.6. The van der Waals surface area contributed by atoms with Crippen LogP contribution in [0.4, 0.5) is 0 Å². The van der Waals surface area contributed by atoms with Gasteiger partial charge in [0.15, 0.2) is 0 Å².